The lowest BCUT2D eigenvalue weighted by atomic mass is 9.33. The van der Waals surface area contributed by atoms with E-state index in [0.29, 0.717) is 6.54 Å². The van der Waals surface area contributed by atoms with Crippen molar-refractivity contribution < 1.29 is 0 Å². The van der Waals surface area contributed by atoms with E-state index in [4.69, 9.17) is 0 Å². The summed E-state index contributed by atoms with van der Waals surface area (Å²) in [5.41, 5.74) is 31.5. The third-order valence-electron chi connectivity index (χ3n) is 23.0. The molecule has 4 heteroatoms. The number of nitrogens with zero attached hydrogens (tertiary/aromatic N) is 3. The third kappa shape index (κ3) is 10.6. The first-order valence-electron chi connectivity index (χ1n) is 37.4. The molecule has 2 aliphatic rings. The minimum Gasteiger partial charge on any atom is -0.342 e. The Morgan fingerprint density at radius 2 is 0.752 bits per heavy atom. The Hall–Kier alpha value is -12.5. The molecule has 0 atom stereocenters. The van der Waals surface area contributed by atoms with E-state index in [1.807, 2.05) is 0 Å². The first kappa shape index (κ1) is 62.3. The topological polar surface area (TPSA) is 11.4 Å². The van der Waals surface area contributed by atoms with Gasteiger partial charge >= 0.3 is 0 Å². The zero-order valence-electron chi connectivity index (χ0n) is 59.4. The fourth-order valence-corrected chi connectivity index (χ4v) is 18.2. The molecule has 3 heterocycles. The monoisotopic (exact) mass is 1340 g/mol. The van der Waals surface area contributed by atoms with Gasteiger partial charge in [-0.15, -0.1) is 0 Å². The molecule has 20 rings (SSSR count). The molecule has 0 spiro atoms. The summed E-state index contributed by atoms with van der Waals surface area (Å²) in [6.07, 6.45) is 2.34. The van der Waals surface area contributed by atoms with Crippen molar-refractivity contribution in [3.05, 3.63) is 374 Å². The van der Waals surface area contributed by atoms with Gasteiger partial charge in [0, 0.05) is 52.3 Å². The minimum atomic E-state index is -0.140. The molecule has 18 aromatic rings. The van der Waals surface area contributed by atoms with E-state index < -0.39 is 0 Å². The van der Waals surface area contributed by atoms with Crippen molar-refractivity contribution in [3.63, 3.8) is 0 Å². The van der Waals surface area contributed by atoms with Crippen molar-refractivity contribution in [2.24, 2.45) is 0 Å². The molecule has 0 amide bonds. The molecule has 0 saturated carbocycles. The molecule has 0 N–H and O–H groups in total. The van der Waals surface area contributed by atoms with Gasteiger partial charge in [-0.1, -0.05) is 312 Å². The van der Waals surface area contributed by atoms with Gasteiger partial charge in [0.1, 0.15) is 0 Å². The lowest BCUT2D eigenvalue weighted by Gasteiger charge is -2.45. The van der Waals surface area contributed by atoms with Crippen LogP contribution in [0.2, 0.25) is 0 Å². The Morgan fingerprint density at radius 1 is 0.295 bits per heavy atom. The van der Waals surface area contributed by atoms with Gasteiger partial charge in [0.25, 0.3) is 6.71 Å². The number of anilines is 4. The molecular formula is C101H76BN3. The van der Waals surface area contributed by atoms with Gasteiger partial charge in [-0.2, -0.15) is 0 Å². The highest BCUT2D eigenvalue weighted by Crippen LogP contribution is 2.47. The molecule has 3 nitrogen and oxygen atoms in total. The van der Waals surface area contributed by atoms with Crippen LogP contribution in [0.25, 0.3) is 126 Å². The van der Waals surface area contributed by atoms with E-state index in [9.17, 15) is 0 Å². The summed E-state index contributed by atoms with van der Waals surface area (Å²) in [5.74, 6) is 0. The summed E-state index contributed by atoms with van der Waals surface area (Å²) >= 11 is 0. The fourth-order valence-electron chi connectivity index (χ4n) is 18.2. The van der Waals surface area contributed by atoms with Crippen molar-refractivity contribution in [1.82, 2.24) is 4.57 Å². The van der Waals surface area contributed by atoms with Crippen molar-refractivity contribution in [3.8, 4) is 61.3 Å². The highest BCUT2D eigenvalue weighted by atomic mass is 15.2. The number of rotatable bonds is 14. The van der Waals surface area contributed by atoms with Crippen LogP contribution in [-0.4, -0.2) is 24.4 Å². The molecule has 0 aliphatic carbocycles. The number of benzene rings is 17. The maximum Gasteiger partial charge on any atom is 0.252 e. The average Bonchev–Trinajstić information content (AvgIpc) is 1.11. The second kappa shape index (κ2) is 25.2. The minimum absolute atomic E-state index is 0.0252. The third-order valence-corrected chi connectivity index (χ3v) is 23.0. The van der Waals surface area contributed by atoms with Crippen molar-refractivity contribution in [2.75, 3.05) is 22.9 Å². The Labute approximate surface area is 614 Å². The van der Waals surface area contributed by atoms with E-state index in [-0.39, 0.29) is 12.1 Å². The van der Waals surface area contributed by atoms with Crippen molar-refractivity contribution >= 4 is 111 Å². The number of aromatic nitrogens is 1. The summed E-state index contributed by atoms with van der Waals surface area (Å²) in [6.45, 7) is 8.25. The van der Waals surface area contributed by atoms with Crippen LogP contribution >= 0.6 is 0 Å². The van der Waals surface area contributed by atoms with Crippen molar-refractivity contribution in [2.45, 2.75) is 45.4 Å². The maximum atomic E-state index is 2.76. The molecular weight excluding hydrogens is 1270 g/mol. The number of hydrogen-bond acceptors (Lipinski definition) is 2. The molecule has 17 aromatic carbocycles. The van der Waals surface area contributed by atoms with E-state index in [1.165, 1.54) is 187 Å². The second-order valence-corrected chi connectivity index (χ2v) is 30.1. The average molecular weight is 1340 g/mol. The Morgan fingerprint density at radius 3 is 1.28 bits per heavy atom. The Bertz CT molecular complexity index is 6230. The molecule has 1 aromatic heterocycles. The highest BCUT2D eigenvalue weighted by Gasteiger charge is 2.43. The zero-order chi connectivity index (χ0) is 69.9. The SMILES string of the molecule is CC(C)(C)c1ccc(Cc2cc3c4c(c2)N(CCc2c(-c5ccccc5)cccc2-c2ccccc2)c2cc(-n5c6ccccc6c6ccccc65)ccc2B4c2cc(-c4cc5cccc6c7cccc8cccc(c(c4)c56)c87)ccc2N3CCc2c(-c3ccccc3)cccc2-c2ccccc2)cc1. The highest BCUT2D eigenvalue weighted by molar-refractivity contribution is 7.00. The smallest absolute Gasteiger partial charge is 0.252 e. The second-order valence-electron chi connectivity index (χ2n) is 30.1. The summed E-state index contributed by atoms with van der Waals surface area (Å²) in [6, 6.07) is 131. The normalized spacial score (nSPS) is 12.7. The number of fused-ring (bicyclic) bond motifs is 9. The van der Waals surface area contributed by atoms with Gasteiger partial charge < -0.3 is 14.4 Å². The van der Waals surface area contributed by atoms with Crippen LogP contribution in [0.4, 0.5) is 22.7 Å². The molecule has 105 heavy (non-hydrogen) atoms. The van der Waals surface area contributed by atoms with Crippen LogP contribution in [-0.2, 0) is 24.7 Å². The molecule has 0 unspecified atom stereocenters. The fraction of sp³-hybridized carbons (Fsp3) is 0.0891. The molecule has 2 aliphatic heterocycles. The first-order valence-corrected chi connectivity index (χ1v) is 37.4. The Kier molecular flexibility index (Phi) is 14.9. The molecule has 0 bridgehead atoms. The Balaban J connectivity index is 0.852. The molecule has 0 saturated heterocycles. The van der Waals surface area contributed by atoms with Crippen LogP contribution in [0.15, 0.2) is 346 Å². The van der Waals surface area contributed by atoms with E-state index in [0.717, 1.165) is 31.5 Å². The van der Waals surface area contributed by atoms with Crippen LogP contribution in [0, 0.1) is 0 Å². The van der Waals surface area contributed by atoms with E-state index in [1.54, 1.807) is 0 Å². The quantitative estimate of drug-likeness (QED) is 0.0611. The van der Waals surface area contributed by atoms with E-state index in [2.05, 4.69) is 381 Å². The lowest BCUT2D eigenvalue weighted by molar-refractivity contribution is 0.590. The predicted octanol–water partition coefficient (Wildman–Crippen LogP) is 24.0. The number of para-hydroxylation sites is 2. The summed E-state index contributed by atoms with van der Waals surface area (Å²) in [5, 5.41) is 12.9. The summed E-state index contributed by atoms with van der Waals surface area (Å²) < 4.78 is 2.52. The van der Waals surface area contributed by atoms with Gasteiger partial charge in [-0.05, 0) is 222 Å². The molecule has 0 fully saturated rings. The zero-order valence-corrected chi connectivity index (χ0v) is 59.4. The molecule has 498 valence electrons. The predicted molar refractivity (Wildman–Crippen MR) is 449 cm³/mol. The van der Waals surface area contributed by atoms with Crippen LogP contribution in [0.3, 0.4) is 0 Å². The van der Waals surface area contributed by atoms with Crippen LogP contribution in [0.5, 0.6) is 0 Å². The van der Waals surface area contributed by atoms with Gasteiger partial charge in [0.2, 0.25) is 0 Å². The van der Waals surface area contributed by atoms with Crippen LogP contribution in [0.1, 0.15) is 48.6 Å². The van der Waals surface area contributed by atoms with Crippen molar-refractivity contribution in [1.29, 1.82) is 0 Å². The number of hydrogen-bond donors (Lipinski definition) is 0. The summed E-state index contributed by atoms with van der Waals surface area (Å²) in [7, 11) is 0. The van der Waals surface area contributed by atoms with Gasteiger partial charge in [0.05, 0.1) is 11.0 Å². The maximum absolute atomic E-state index is 2.76. The van der Waals surface area contributed by atoms with Gasteiger partial charge in [-0.3, -0.25) is 0 Å². The standard InChI is InChI=1S/C101H76BN3/c1-101(2,3)76-50-47-66(48-51-76)59-67-60-96-100-97(61-67)104(58-56-83-80(70-29-12-6-13-30-70)40-24-41-81(83)71-31-14-7-15-32-71)95-65-77(105-92-45-18-16-36-84(92)85-37-17-19-46-93(85)105)52-53-90(95)102(100)91-64-73(75-62-74-35-22-43-87-86-42-20-33-72-34-21-44-88(98(72)86)89(63-75)99(74)87)49-54-94(91)103(96)57-55-82-78(68-25-8-4-9-26-68)38-23-39-79(82)69-27-10-5-11-28-69/h4-54,60-65H,55-59H2,1-3H3. The first-order chi connectivity index (χ1) is 51.7. The van der Waals surface area contributed by atoms with Crippen LogP contribution < -0.4 is 26.2 Å². The molecule has 0 radical (unpaired) electrons. The van der Waals surface area contributed by atoms with Gasteiger partial charge in [-0.25, -0.2) is 0 Å². The van der Waals surface area contributed by atoms with E-state index >= 15 is 0 Å². The lowest BCUT2D eigenvalue weighted by Crippen LogP contribution is -2.62. The largest absolute Gasteiger partial charge is 0.342 e. The summed E-state index contributed by atoms with van der Waals surface area (Å²) in [4.78, 5) is 5.51. The van der Waals surface area contributed by atoms with Gasteiger partial charge in [0.15, 0.2) is 0 Å².